The first-order valence-corrected chi connectivity index (χ1v) is 8.23. The quantitative estimate of drug-likeness (QED) is 0.747. The number of fused-ring (bicyclic) bond motifs is 1. The molecule has 0 fully saturated rings. The molecule has 0 radical (unpaired) electrons. The number of thiazole rings is 1. The van der Waals surface area contributed by atoms with E-state index in [4.69, 9.17) is 5.73 Å². The van der Waals surface area contributed by atoms with Crippen molar-refractivity contribution < 1.29 is 18.0 Å². The number of imidazole rings is 1. The Morgan fingerprint density at radius 3 is 2.50 bits per heavy atom. The summed E-state index contributed by atoms with van der Waals surface area (Å²) in [4.78, 5) is 32.1. The van der Waals surface area contributed by atoms with Crippen molar-refractivity contribution in [2.75, 3.05) is 0 Å². The van der Waals surface area contributed by atoms with Crippen molar-refractivity contribution in [3.05, 3.63) is 33.1 Å². The zero-order valence-corrected chi connectivity index (χ0v) is 14.8. The molecule has 3 rings (SSSR count). The number of primary amides is 1. The first-order valence-electron chi connectivity index (χ1n) is 7.35. The van der Waals surface area contributed by atoms with E-state index >= 15 is 0 Å². The third-order valence-electron chi connectivity index (χ3n) is 4.09. The van der Waals surface area contributed by atoms with Gasteiger partial charge in [-0.15, -0.1) is 11.3 Å². The number of hydrogen-bond acceptors (Lipinski definition) is 5. The highest BCUT2D eigenvalue weighted by molar-refractivity contribution is 7.10. The van der Waals surface area contributed by atoms with Crippen LogP contribution in [0.5, 0.6) is 0 Å². The fraction of sp³-hybridized carbons (Fsp3) is 0.333. The van der Waals surface area contributed by atoms with Crippen LogP contribution in [-0.4, -0.2) is 25.0 Å². The molecule has 3 heterocycles. The lowest BCUT2D eigenvalue weighted by Crippen LogP contribution is -2.46. The minimum Gasteiger partial charge on any atom is -0.368 e. The topological polar surface area (TPSA) is 95.8 Å². The molecule has 138 valence electrons. The first kappa shape index (κ1) is 18.1. The van der Waals surface area contributed by atoms with Gasteiger partial charge in [0.25, 0.3) is 0 Å². The number of aryl methyl sites for hydroxylation is 1. The largest absolute Gasteiger partial charge is 0.443 e. The number of nitrogens with zero attached hydrogens (tertiary/aromatic N) is 4. The molecule has 0 saturated heterocycles. The minimum atomic E-state index is -4.54. The van der Waals surface area contributed by atoms with E-state index in [1.54, 1.807) is 0 Å². The van der Waals surface area contributed by atoms with Gasteiger partial charge in [-0.05, 0) is 19.9 Å². The predicted octanol–water partition coefficient (Wildman–Crippen LogP) is 2.10. The van der Waals surface area contributed by atoms with Crippen LogP contribution in [0.1, 0.15) is 18.9 Å². The lowest BCUT2D eigenvalue weighted by Gasteiger charge is -2.22. The molecular weight excluding hydrogens is 371 g/mol. The Labute approximate surface area is 148 Å². The number of halogens is 3. The van der Waals surface area contributed by atoms with Gasteiger partial charge in [0.05, 0.1) is 11.2 Å². The van der Waals surface area contributed by atoms with Crippen LogP contribution < -0.4 is 11.4 Å². The highest BCUT2D eigenvalue weighted by Crippen LogP contribution is 2.34. The first-order chi connectivity index (χ1) is 11.9. The molecule has 0 aliphatic carbocycles. The Bertz CT molecular complexity index is 1080. The van der Waals surface area contributed by atoms with Crippen molar-refractivity contribution in [2.24, 2.45) is 12.8 Å². The van der Waals surface area contributed by atoms with Crippen molar-refractivity contribution in [3.8, 4) is 11.3 Å². The van der Waals surface area contributed by atoms with Gasteiger partial charge in [0.15, 0.2) is 10.7 Å². The summed E-state index contributed by atoms with van der Waals surface area (Å²) in [5, 5.41) is 0.284. The number of amides is 1. The number of alkyl halides is 3. The summed E-state index contributed by atoms with van der Waals surface area (Å²) in [5.74, 6) is -0.731. The Morgan fingerprint density at radius 1 is 1.31 bits per heavy atom. The van der Waals surface area contributed by atoms with Gasteiger partial charge in [-0.1, -0.05) is 0 Å². The van der Waals surface area contributed by atoms with E-state index in [9.17, 15) is 22.8 Å². The molecule has 0 aromatic carbocycles. The molecule has 11 heteroatoms. The average molecular weight is 385 g/mol. The Kier molecular flexibility index (Phi) is 3.94. The van der Waals surface area contributed by atoms with Gasteiger partial charge in [-0.2, -0.15) is 13.2 Å². The van der Waals surface area contributed by atoms with Crippen LogP contribution >= 0.6 is 11.3 Å². The van der Waals surface area contributed by atoms with Gasteiger partial charge >= 0.3 is 11.9 Å². The summed E-state index contributed by atoms with van der Waals surface area (Å²) < 4.78 is 40.7. The Hall–Kier alpha value is -2.69. The van der Waals surface area contributed by atoms with E-state index in [1.165, 1.54) is 47.7 Å². The van der Waals surface area contributed by atoms with E-state index in [1.807, 2.05) is 0 Å². The maximum absolute atomic E-state index is 12.8. The third kappa shape index (κ3) is 2.68. The summed E-state index contributed by atoms with van der Waals surface area (Å²) in [7, 11) is 1.48. The summed E-state index contributed by atoms with van der Waals surface area (Å²) in [6.45, 7) is 2.96. The average Bonchev–Trinajstić information content (AvgIpc) is 3.11. The standard InChI is InChI=1S/C15H14F3N5O2S/c1-14(2,11(19)24)23-9-4-7(5-20-10(9)22(3)13(23)25)8-6-26-12(21-8)15(16,17)18/h4-6H,1-3H3,(H2,19,24). The SMILES string of the molecule is Cn1c(=O)n(C(C)(C)C(N)=O)c2cc(-c3csc(C(F)(F)F)n3)cnc21. The molecule has 7 nitrogen and oxygen atoms in total. The number of hydrogen-bond donors (Lipinski definition) is 1. The van der Waals surface area contributed by atoms with Crippen LogP contribution in [0.15, 0.2) is 22.4 Å². The molecule has 0 atom stereocenters. The second-order valence-electron chi connectivity index (χ2n) is 6.20. The van der Waals surface area contributed by atoms with Crippen LogP contribution in [-0.2, 0) is 23.6 Å². The van der Waals surface area contributed by atoms with Crippen LogP contribution in [0.3, 0.4) is 0 Å². The zero-order chi connectivity index (χ0) is 19.4. The van der Waals surface area contributed by atoms with Crippen LogP contribution in [0, 0.1) is 0 Å². The highest BCUT2D eigenvalue weighted by Gasteiger charge is 2.35. The Morgan fingerprint density at radius 2 is 1.96 bits per heavy atom. The fourth-order valence-corrected chi connectivity index (χ4v) is 3.24. The molecule has 1 amide bonds. The van der Waals surface area contributed by atoms with Crippen molar-refractivity contribution in [3.63, 3.8) is 0 Å². The molecule has 3 aromatic heterocycles. The zero-order valence-electron chi connectivity index (χ0n) is 14.0. The predicted molar refractivity (Wildman–Crippen MR) is 89.6 cm³/mol. The van der Waals surface area contributed by atoms with Crippen molar-refractivity contribution in [2.45, 2.75) is 25.6 Å². The van der Waals surface area contributed by atoms with Gasteiger partial charge < -0.3 is 5.73 Å². The summed E-state index contributed by atoms with van der Waals surface area (Å²) in [6, 6.07) is 1.48. The minimum absolute atomic E-state index is 0.0801. The molecular formula is C15H14F3N5O2S. The molecule has 0 aliphatic rings. The van der Waals surface area contributed by atoms with E-state index < -0.39 is 28.3 Å². The van der Waals surface area contributed by atoms with Crippen molar-refractivity contribution >= 4 is 28.4 Å². The lowest BCUT2D eigenvalue weighted by atomic mass is 10.0. The number of aromatic nitrogens is 4. The molecule has 0 unspecified atom stereocenters. The molecule has 2 N–H and O–H groups in total. The number of carbonyl (C=O) groups is 1. The number of rotatable bonds is 3. The molecule has 0 bridgehead atoms. The van der Waals surface area contributed by atoms with Gasteiger partial charge in [-0.25, -0.2) is 14.8 Å². The monoisotopic (exact) mass is 385 g/mol. The summed E-state index contributed by atoms with van der Waals surface area (Å²) in [5.41, 5.74) is 4.48. The van der Waals surface area contributed by atoms with Gasteiger partial charge in [0, 0.05) is 24.2 Å². The highest BCUT2D eigenvalue weighted by atomic mass is 32.1. The summed E-state index contributed by atoms with van der Waals surface area (Å²) >= 11 is 0.468. The third-order valence-corrected chi connectivity index (χ3v) is 4.98. The van der Waals surface area contributed by atoms with E-state index in [0.717, 1.165) is 0 Å². The van der Waals surface area contributed by atoms with Crippen molar-refractivity contribution in [1.29, 1.82) is 0 Å². The van der Waals surface area contributed by atoms with Crippen LogP contribution in [0.2, 0.25) is 0 Å². The molecule has 3 aromatic rings. The van der Waals surface area contributed by atoms with Crippen LogP contribution in [0.25, 0.3) is 22.4 Å². The normalized spacial score (nSPS) is 12.7. The lowest BCUT2D eigenvalue weighted by molar-refractivity contribution is -0.137. The summed E-state index contributed by atoms with van der Waals surface area (Å²) in [6.07, 6.45) is -3.21. The molecule has 0 aliphatic heterocycles. The smallest absolute Gasteiger partial charge is 0.368 e. The number of carbonyl (C=O) groups excluding carboxylic acids is 1. The van der Waals surface area contributed by atoms with E-state index in [2.05, 4.69) is 9.97 Å². The number of pyridine rings is 1. The maximum atomic E-state index is 12.8. The van der Waals surface area contributed by atoms with Gasteiger partial charge in [0.2, 0.25) is 5.91 Å². The van der Waals surface area contributed by atoms with Gasteiger partial charge in [-0.3, -0.25) is 13.9 Å². The molecule has 26 heavy (non-hydrogen) atoms. The van der Waals surface area contributed by atoms with Crippen LogP contribution in [0.4, 0.5) is 13.2 Å². The fourth-order valence-electron chi connectivity index (χ4n) is 2.54. The number of nitrogens with two attached hydrogens (primary N) is 1. The second-order valence-corrected chi connectivity index (χ2v) is 7.06. The van der Waals surface area contributed by atoms with E-state index in [0.29, 0.717) is 16.9 Å². The van der Waals surface area contributed by atoms with Crippen molar-refractivity contribution in [1.82, 2.24) is 19.1 Å². The second kappa shape index (κ2) is 5.66. The maximum Gasteiger partial charge on any atom is 0.443 e. The Balaban J connectivity index is 2.25. The van der Waals surface area contributed by atoms with E-state index in [-0.39, 0.29) is 16.9 Å². The molecule has 0 spiro atoms. The molecule has 0 saturated carbocycles. The van der Waals surface area contributed by atoms with Gasteiger partial charge in [0.1, 0.15) is 5.54 Å².